The molecule has 4 heteroatoms. The van der Waals surface area contributed by atoms with Crippen LogP contribution in [-0.2, 0) is 82.3 Å². The van der Waals surface area contributed by atoms with Crippen LogP contribution < -0.4 is 0 Å². The predicted molar refractivity (Wildman–Crippen MR) is 0 cm³/mol. The fraction of sp³-hybridized carbons (Fsp3) is 0. The molecule has 0 aliphatic carbocycles. The van der Waals surface area contributed by atoms with Crippen molar-refractivity contribution in [3.63, 3.8) is 0 Å². The van der Waals surface area contributed by atoms with E-state index in [1.807, 2.05) is 0 Å². The fourth-order valence-electron chi connectivity index (χ4n) is 0. The van der Waals surface area contributed by atoms with Gasteiger partial charge in [0.05, 0.1) is 0 Å². The molecule has 0 aliphatic heterocycles. The van der Waals surface area contributed by atoms with Crippen molar-refractivity contribution in [2.75, 3.05) is 0 Å². The number of rotatable bonds is 0. The Labute approximate surface area is 81.1 Å². The topological polar surface area (TPSA) is 0 Å². The zero-order chi connectivity index (χ0) is 0. The molecule has 0 atom stereocenters. The molecule has 0 N–H and O–H groups in total. The van der Waals surface area contributed by atoms with E-state index >= 15 is 0 Å². The van der Waals surface area contributed by atoms with Crippen molar-refractivity contribution in [3.05, 3.63) is 0 Å². The van der Waals surface area contributed by atoms with Crippen LogP contribution >= 0.6 is 0 Å². The van der Waals surface area contributed by atoms with E-state index in [9.17, 15) is 0 Å². The average molecular weight is 742 g/mol. The minimum Gasteiger partial charge on any atom is 0 e. The van der Waals surface area contributed by atoms with Crippen LogP contribution in [0.1, 0.15) is 0 Å². The summed E-state index contributed by atoms with van der Waals surface area (Å²) in [7, 11) is 0. The van der Waals surface area contributed by atoms with Gasteiger partial charge in [0.25, 0.3) is 0 Å². The van der Waals surface area contributed by atoms with Crippen LogP contribution in [0.3, 0.4) is 0 Å². The molecule has 0 aliphatic rings. The molecule has 0 aromatic carbocycles. The van der Waals surface area contributed by atoms with E-state index in [0.717, 1.165) is 0 Å². The first-order valence-electron chi connectivity index (χ1n) is 0. The molecule has 0 bridgehead atoms. The Morgan fingerprint density at radius 3 is 0.500 bits per heavy atom. The predicted octanol–water partition coefficient (Wildman–Crippen LogP) is -0.0100. The van der Waals surface area contributed by atoms with Gasteiger partial charge in [0.1, 0.15) is 0 Å². The molecule has 0 rings (SSSR count). The molecule has 0 saturated heterocycles. The van der Waals surface area contributed by atoms with Gasteiger partial charge in [-0.05, 0) is 0 Å². The molecule has 0 fully saturated rings. The second-order valence-electron chi connectivity index (χ2n) is 0. The van der Waals surface area contributed by atoms with Gasteiger partial charge in [-0.1, -0.05) is 0 Å². The van der Waals surface area contributed by atoms with E-state index in [-0.39, 0.29) is 82.3 Å². The molecule has 27 valence electrons. The van der Waals surface area contributed by atoms with E-state index in [1.54, 1.807) is 0 Å². The molecule has 0 aromatic heterocycles. The summed E-state index contributed by atoms with van der Waals surface area (Å²) < 4.78 is 0. The third kappa shape index (κ3) is 8.82. The van der Waals surface area contributed by atoms with Crippen molar-refractivity contribution in [1.82, 2.24) is 0 Å². The Hall–Kier alpha value is 2.68. The van der Waals surface area contributed by atoms with Gasteiger partial charge in [-0.15, -0.1) is 0 Å². The van der Waals surface area contributed by atoms with Crippen molar-refractivity contribution in [1.29, 1.82) is 0 Å². The van der Waals surface area contributed by atoms with E-state index in [2.05, 4.69) is 0 Å². The molecule has 0 amide bonds. The average Bonchev–Trinajstić information content (AvgIpc) is 0. The molecule has 0 aromatic rings. The summed E-state index contributed by atoms with van der Waals surface area (Å²) in [4.78, 5) is 0. The van der Waals surface area contributed by atoms with Gasteiger partial charge >= 0.3 is 0 Å². The number of hydrogen-bond acceptors (Lipinski definition) is 0. The molecule has 4 heavy (non-hydrogen) atoms. The van der Waals surface area contributed by atoms with Crippen molar-refractivity contribution in [3.8, 4) is 0 Å². The molecule has 3 radical (unpaired) electrons. The maximum Gasteiger partial charge on any atom is 0 e. The van der Waals surface area contributed by atoms with E-state index in [0.29, 0.717) is 0 Å². The second-order valence-corrected chi connectivity index (χ2v) is 0. The van der Waals surface area contributed by atoms with E-state index in [1.165, 1.54) is 0 Å². The summed E-state index contributed by atoms with van der Waals surface area (Å²) in [6.45, 7) is 0. The van der Waals surface area contributed by atoms with Gasteiger partial charge in [-0.25, -0.2) is 0 Å². The molecule has 0 nitrogen and oxygen atoms in total. The maximum absolute atomic E-state index is 0. The third-order valence-electron chi connectivity index (χ3n) is 0. The van der Waals surface area contributed by atoms with Crippen LogP contribution in [-0.4, -0.2) is 0 Å². The maximum atomic E-state index is 0. The minimum atomic E-state index is 0. The SMILES string of the molecule is [Re].[Re].[Re].[W]. The molecular formula is Re3W. The van der Waals surface area contributed by atoms with Crippen molar-refractivity contribution < 1.29 is 82.3 Å². The number of hydrogen-bond donors (Lipinski definition) is 0. The largest absolute Gasteiger partial charge is 0 e. The monoisotopic (exact) mass is 745 g/mol. The van der Waals surface area contributed by atoms with Crippen molar-refractivity contribution in [2.24, 2.45) is 0 Å². The molecule has 0 spiro atoms. The first-order chi connectivity index (χ1) is 0. The Balaban J connectivity index is 0. The van der Waals surface area contributed by atoms with Crippen LogP contribution in [0.15, 0.2) is 0 Å². The minimum absolute atomic E-state index is 0. The summed E-state index contributed by atoms with van der Waals surface area (Å²) in [5, 5.41) is 0. The molecule has 0 unspecified atom stereocenters. The normalized spacial score (nSPS) is 0. The van der Waals surface area contributed by atoms with Gasteiger partial charge < -0.3 is 0 Å². The standard InChI is InChI=1S/3Re.W. The van der Waals surface area contributed by atoms with Crippen LogP contribution in [0.4, 0.5) is 0 Å². The first kappa shape index (κ1) is 30.0. The smallest absolute Gasteiger partial charge is 0 e. The third-order valence-corrected chi connectivity index (χ3v) is 0. The zero-order valence-electron chi connectivity index (χ0n) is 1.54. The quantitative estimate of drug-likeness (QED) is 0.328. The van der Waals surface area contributed by atoms with Crippen molar-refractivity contribution in [2.45, 2.75) is 0 Å². The van der Waals surface area contributed by atoms with E-state index < -0.39 is 0 Å². The van der Waals surface area contributed by atoms with Gasteiger partial charge in [0, 0.05) is 82.3 Å². The van der Waals surface area contributed by atoms with Crippen molar-refractivity contribution >= 4 is 0 Å². The Bertz CT molecular complexity index is 3.25. The summed E-state index contributed by atoms with van der Waals surface area (Å²) in [6, 6.07) is 0. The van der Waals surface area contributed by atoms with Gasteiger partial charge in [0.2, 0.25) is 0 Å². The first-order valence-corrected chi connectivity index (χ1v) is 0. The summed E-state index contributed by atoms with van der Waals surface area (Å²) in [5.41, 5.74) is 0. The Morgan fingerprint density at radius 1 is 0.500 bits per heavy atom. The van der Waals surface area contributed by atoms with Gasteiger partial charge in [-0.2, -0.15) is 0 Å². The van der Waals surface area contributed by atoms with Crippen LogP contribution in [0.5, 0.6) is 0 Å². The zero-order valence-corrected chi connectivity index (χ0v) is 12.6. The van der Waals surface area contributed by atoms with Gasteiger partial charge in [0.15, 0.2) is 0 Å². The van der Waals surface area contributed by atoms with Gasteiger partial charge in [-0.3, -0.25) is 0 Å². The van der Waals surface area contributed by atoms with E-state index in [4.69, 9.17) is 0 Å². The summed E-state index contributed by atoms with van der Waals surface area (Å²) in [5.74, 6) is 0. The van der Waals surface area contributed by atoms with Crippen LogP contribution in [0.25, 0.3) is 0 Å². The summed E-state index contributed by atoms with van der Waals surface area (Å²) >= 11 is 0. The fourth-order valence-corrected chi connectivity index (χ4v) is 0. The van der Waals surface area contributed by atoms with Crippen LogP contribution in [0.2, 0.25) is 0 Å². The summed E-state index contributed by atoms with van der Waals surface area (Å²) in [6.07, 6.45) is 0. The second kappa shape index (κ2) is 17.3. The Morgan fingerprint density at radius 2 is 0.500 bits per heavy atom. The Kier molecular flexibility index (Phi) is 130. The molecule has 0 heterocycles. The molecular weight excluding hydrogens is 742 g/mol. The molecule has 0 saturated carbocycles. The van der Waals surface area contributed by atoms with Crippen LogP contribution in [0, 0.1) is 0 Å².